The molecule has 0 spiro atoms. The molecule has 0 aliphatic carbocycles. The molecule has 114 valence electrons. The molecule has 0 bridgehead atoms. The van der Waals surface area contributed by atoms with E-state index in [0.717, 1.165) is 12.0 Å². The van der Waals surface area contributed by atoms with Gasteiger partial charge >= 0.3 is 0 Å². The molecule has 21 heavy (non-hydrogen) atoms. The molecular formula is C14H20N4O2S. The molecule has 0 radical (unpaired) electrons. The summed E-state index contributed by atoms with van der Waals surface area (Å²) in [5, 5.41) is 3.99. The van der Waals surface area contributed by atoms with Gasteiger partial charge < -0.3 is 5.73 Å². The first kappa shape index (κ1) is 15.4. The van der Waals surface area contributed by atoms with Gasteiger partial charge in [0.25, 0.3) is 10.0 Å². The SMILES string of the molecule is CCc1ccc(N(C)S(=O)(=O)c2cn(CC)nc2N)cc1. The van der Waals surface area contributed by atoms with Gasteiger partial charge in [-0.1, -0.05) is 19.1 Å². The molecule has 1 heterocycles. The van der Waals surface area contributed by atoms with Crippen molar-refractivity contribution in [2.45, 2.75) is 31.7 Å². The summed E-state index contributed by atoms with van der Waals surface area (Å²) in [6.45, 7) is 4.49. The van der Waals surface area contributed by atoms with E-state index < -0.39 is 10.0 Å². The lowest BCUT2D eigenvalue weighted by molar-refractivity contribution is 0.594. The Bertz CT molecular complexity index is 720. The van der Waals surface area contributed by atoms with E-state index >= 15 is 0 Å². The van der Waals surface area contributed by atoms with Crippen molar-refractivity contribution < 1.29 is 8.42 Å². The Balaban J connectivity index is 2.39. The Labute approximate surface area is 125 Å². The van der Waals surface area contributed by atoms with Crippen molar-refractivity contribution >= 4 is 21.5 Å². The van der Waals surface area contributed by atoms with Gasteiger partial charge in [0.2, 0.25) is 0 Å². The summed E-state index contributed by atoms with van der Waals surface area (Å²) in [5.41, 5.74) is 7.48. The van der Waals surface area contributed by atoms with Gasteiger partial charge in [0.15, 0.2) is 5.82 Å². The second-order valence-corrected chi connectivity index (χ2v) is 6.66. The minimum atomic E-state index is -3.71. The molecule has 0 fully saturated rings. The van der Waals surface area contributed by atoms with Crippen LogP contribution in [0.3, 0.4) is 0 Å². The van der Waals surface area contributed by atoms with Crippen molar-refractivity contribution in [2.24, 2.45) is 0 Å². The van der Waals surface area contributed by atoms with E-state index in [1.807, 2.05) is 19.1 Å². The van der Waals surface area contributed by atoms with Gasteiger partial charge in [-0.05, 0) is 31.0 Å². The number of rotatable bonds is 5. The Morgan fingerprint density at radius 3 is 2.33 bits per heavy atom. The normalized spacial score (nSPS) is 11.6. The molecule has 2 aromatic rings. The average molecular weight is 308 g/mol. The summed E-state index contributed by atoms with van der Waals surface area (Å²) < 4.78 is 28.0. The van der Waals surface area contributed by atoms with E-state index in [2.05, 4.69) is 12.0 Å². The van der Waals surface area contributed by atoms with Crippen molar-refractivity contribution in [1.82, 2.24) is 9.78 Å². The predicted octanol–water partition coefficient (Wildman–Crippen LogP) is 1.87. The number of nitrogen functional groups attached to an aromatic ring is 1. The first-order chi connectivity index (χ1) is 9.90. The van der Waals surface area contributed by atoms with Crippen molar-refractivity contribution in [1.29, 1.82) is 0 Å². The summed E-state index contributed by atoms with van der Waals surface area (Å²) >= 11 is 0. The third-order valence-corrected chi connectivity index (χ3v) is 5.23. The van der Waals surface area contributed by atoms with Gasteiger partial charge in [-0.25, -0.2) is 8.42 Å². The summed E-state index contributed by atoms with van der Waals surface area (Å²) in [6, 6.07) is 7.41. The van der Waals surface area contributed by atoms with Crippen LogP contribution < -0.4 is 10.0 Å². The van der Waals surface area contributed by atoms with Crippen molar-refractivity contribution in [3.63, 3.8) is 0 Å². The van der Waals surface area contributed by atoms with E-state index in [1.165, 1.54) is 22.2 Å². The quantitative estimate of drug-likeness (QED) is 0.914. The molecule has 1 aromatic heterocycles. The second kappa shape index (κ2) is 5.77. The Morgan fingerprint density at radius 1 is 1.24 bits per heavy atom. The highest BCUT2D eigenvalue weighted by Gasteiger charge is 2.26. The number of anilines is 2. The number of aromatic nitrogens is 2. The van der Waals surface area contributed by atoms with Crippen molar-refractivity contribution in [3.8, 4) is 0 Å². The van der Waals surface area contributed by atoms with Crippen LogP contribution in [0.5, 0.6) is 0 Å². The minimum absolute atomic E-state index is 0.0221. The Hall–Kier alpha value is -2.02. The van der Waals surface area contributed by atoms with Crippen molar-refractivity contribution in [2.75, 3.05) is 17.1 Å². The summed E-state index contributed by atoms with van der Waals surface area (Å²) in [6.07, 6.45) is 2.37. The van der Waals surface area contributed by atoms with Gasteiger partial charge in [-0.15, -0.1) is 0 Å². The van der Waals surface area contributed by atoms with Gasteiger partial charge in [-0.3, -0.25) is 8.99 Å². The molecule has 0 atom stereocenters. The molecular weight excluding hydrogens is 288 g/mol. The zero-order valence-electron chi connectivity index (χ0n) is 12.4. The zero-order chi connectivity index (χ0) is 15.6. The molecule has 0 aliphatic heterocycles. The number of sulfonamides is 1. The summed E-state index contributed by atoms with van der Waals surface area (Å²) in [5.74, 6) is 0.0221. The first-order valence-electron chi connectivity index (χ1n) is 6.81. The lowest BCUT2D eigenvalue weighted by Crippen LogP contribution is -2.26. The Morgan fingerprint density at radius 2 is 1.86 bits per heavy atom. The van der Waals surface area contributed by atoms with Crippen molar-refractivity contribution in [3.05, 3.63) is 36.0 Å². The molecule has 0 aliphatic rings. The molecule has 6 nitrogen and oxygen atoms in total. The second-order valence-electron chi connectivity index (χ2n) is 4.73. The molecule has 2 N–H and O–H groups in total. The number of hydrogen-bond donors (Lipinski definition) is 1. The first-order valence-corrected chi connectivity index (χ1v) is 8.25. The zero-order valence-corrected chi connectivity index (χ0v) is 13.3. The van der Waals surface area contributed by atoms with E-state index in [0.29, 0.717) is 12.2 Å². The molecule has 0 saturated carbocycles. The van der Waals surface area contributed by atoms with E-state index in [9.17, 15) is 8.42 Å². The maximum atomic E-state index is 12.6. The third kappa shape index (κ3) is 2.87. The van der Waals surface area contributed by atoms with Crippen LogP contribution in [0.15, 0.2) is 35.4 Å². The van der Waals surface area contributed by atoms with Crippen LogP contribution in [-0.2, 0) is 23.0 Å². The van der Waals surface area contributed by atoms with E-state index in [4.69, 9.17) is 5.73 Å². The molecule has 0 amide bonds. The highest BCUT2D eigenvalue weighted by molar-refractivity contribution is 7.93. The number of aryl methyl sites for hydroxylation is 2. The minimum Gasteiger partial charge on any atom is -0.381 e. The van der Waals surface area contributed by atoms with E-state index in [-0.39, 0.29) is 10.7 Å². The van der Waals surface area contributed by atoms with Gasteiger partial charge in [0.1, 0.15) is 4.90 Å². The lowest BCUT2D eigenvalue weighted by Gasteiger charge is -2.19. The fourth-order valence-corrected chi connectivity index (χ4v) is 3.26. The van der Waals surface area contributed by atoms with Crippen LogP contribution in [0.25, 0.3) is 0 Å². The van der Waals surface area contributed by atoms with Gasteiger partial charge in [0, 0.05) is 19.8 Å². The van der Waals surface area contributed by atoms with Crippen LogP contribution in [0.2, 0.25) is 0 Å². The highest BCUT2D eigenvalue weighted by atomic mass is 32.2. The van der Waals surface area contributed by atoms with E-state index in [1.54, 1.807) is 12.1 Å². The number of hydrogen-bond acceptors (Lipinski definition) is 4. The van der Waals surface area contributed by atoms with Crippen LogP contribution in [0.4, 0.5) is 11.5 Å². The number of nitrogens with zero attached hydrogens (tertiary/aromatic N) is 3. The lowest BCUT2D eigenvalue weighted by atomic mass is 10.1. The van der Waals surface area contributed by atoms with Crippen LogP contribution >= 0.6 is 0 Å². The molecule has 0 saturated heterocycles. The average Bonchev–Trinajstić information content (AvgIpc) is 2.88. The Kier molecular flexibility index (Phi) is 4.22. The topological polar surface area (TPSA) is 81.2 Å². The van der Waals surface area contributed by atoms with Crippen LogP contribution in [0, 0.1) is 0 Å². The number of benzene rings is 1. The fraction of sp³-hybridized carbons (Fsp3) is 0.357. The predicted molar refractivity (Wildman–Crippen MR) is 83.7 cm³/mol. The standard InChI is InChI=1S/C14H20N4O2S/c1-4-11-6-8-12(9-7-11)17(3)21(19,20)13-10-18(5-2)16-14(13)15/h6-10H,4-5H2,1-3H3,(H2,15,16). The molecule has 0 unspecified atom stereocenters. The molecule has 1 aromatic carbocycles. The maximum absolute atomic E-state index is 12.6. The number of nitrogens with two attached hydrogens (primary N) is 1. The third-order valence-electron chi connectivity index (χ3n) is 3.43. The van der Waals surface area contributed by atoms with Crippen LogP contribution in [-0.4, -0.2) is 25.2 Å². The highest BCUT2D eigenvalue weighted by Crippen LogP contribution is 2.25. The maximum Gasteiger partial charge on any atom is 0.269 e. The molecule has 7 heteroatoms. The smallest absolute Gasteiger partial charge is 0.269 e. The monoisotopic (exact) mass is 308 g/mol. The van der Waals surface area contributed by atoms with Crippen LogP contribution in [0.1, 0.15) is 19.4 Å². The fourth-order valence-electron chi connectivity index (χ4n) is 2.01. The largest absolute Gasteiger partial charge is 0.381 e. The molecule has 2 rings (SSSR count). The summed E-state index contributed by atoms with van der Waals surface area (Å²) in [4.78, 5) is 0.0337. The van der Waals surface area contributed by atoms with Gasteiger partial charge in [0.05, 0.1) is 5.69 Å². The summed E-state index contributed by atoms with van der Waals surface area (Å²) in [7, 11) is -2.19. The van der Waals surface area contributed by atoms with Gasteiger partial charge in [-0.2, -0.15) is 5.10 Å².